The van der Waals surface area contributed by atoms with Gasteiger partial charge in [0, 0.05) is 57.5 Å². The molecule has 134 valence electrons. The largest absolute Gasteiger partial charge is 0.334 e. The number of rotatable bonds is 6. The summed E-state index contributed by atoms with van der Waals surface area (Å²) in [5.41, 5.74) is 0. The SMILES string of the molecule is CCn1ccnc1CN1CCN(C(C)C(=O)Nc2ncccn2)CC1. The highest BCUT2D eigenvalue weighted by Gasteiger charge is 2.26. The van der Waals surface area contributed by atoms with Crippen molar-refractivity contribution in [2.75, 3.05) is 31.5 Å². The van der Waals surface area contributed by atoms with Gasteiger partial charge >= 0.3 is 0 Å². The van der Waals surface area contributed by atoms with Crippen LogP contribution in [0, 0.1) is 0 Å². The fourth-order valence-electron chi connectivity index (χ4n) is 3.03. The van der Waals surface area contributed by atoms with Crippen molar-refractivity contribution < 1.29 is 4.79 Å². The number of carbonyl (C=O) groups is 1. The van der Waals surface area contributed by atoms with E-state index in [1.165, 1.54) is 0 Å². The molecule has 1 N–H and O–H groups in total. The molecule has 0 aliphatic carbocycles. The lowest BCUT2D eigenvalue weighted by Gasteiger charge is -2.37. The van der Waals surface area contributed by atoms with Crippen molar-refractivity contribution in [1.29, 1.82) is 0 Å². The van der Waals surface area contributed by atoms with E-state index in [2.05, 4.69) is 41.6 Å². The van der Waals surface area contributed by atoms with Crippen LogP contribution in [0.25, 0.3) is 0 Å². The van der Waals surface area contributed by atoms with Gasteiger partial charge < -0.3 is 4.57 Å². The number of imidazole rings is 1. The summed E-state index contributed by atoms with van der Waals surface area (Å²) in [4.78, 5) is 29.5. The summed E-state index contributed by atoms with van der Waals surface area (Å²) in [6.07, 6.45) is 7.11. The molecule has 0 saturated carbocycles. The van der Waals surface area contributed by atoms with Gasteiger partial charge in [-0.2, -0.15) is 0 Å². The number of anilines is 1. The minimum Gasteiger partial charge on any atom is -0.334 e. The quantitative estimate of drug-likeness (QED) is 0.837. The lowest BCUT2D eigenvalue weighted by atomic mass is 10.2. The molecule has 0 spiro atoms. The molecule has 0 bridgehead atoms. The number of hydrogen-bond acceptors (Lipinski definition) is 6. The van der Waals surface area contributed by atoms with E-state index in [4.69, 9.17) is 0 Å². The molecule has 0 aromatic carbocycles. The number of aryl methyl sites for hydroxylation is 1. The first kappa shape index (κ1) is 17.5. The first-order chi connectivity index (χ1) is 12.2. The summed E-state index contributed by atoms with van der Waals surface area (Å²) < 4.78 is 2.17. The van der Waals surface area contributed by atoms with Crippen molar-refractivity contribution in [3.8, 4) is 0 Å². The third-order valence-electron chi connectivity index (χ3n) is 4.64. The lowest BCUT2D eigenvalue weighted by molar-refractivity contribution is -0.121. The summed E-state index contributed by atoms with van der Waals surface area (Å²) in [5.74, 6) is 1.38. The van der Waals surface area contributed by atoms with E-state index in [1.54, 1.807) is 18.5 Å². The Morgan fingerprint density at radius 1 is 1.16 bits per heavy atom. The fourth-order valence-corrected chi connectivity index (χ4v) is 3.03. The molecule has 0 radical (unpaired) electrons. The van der Waals surface area contributed by atoms with Gasteiger partial charge in [0.25, 0.3) is 0 Å². The molecule has 8 nitrogen and oxygen atoms in total. The van der Waals surface area contributed by atoms with E-state index >= 15 is 0 Å². The summed E-state index contributed by atoms with van der Waals surface area (Å²) in [5, 5.41) is 2.77. The molecule has 1 amide bonds. The Morgan fingerprint density at radius 3 is 2.56 bits per heavy atom. The fraction of sp³-hybridized carbons (Fsp3) is 0.529. The van der Waals surface area contributed by atoms with Crippen molar-refractivity contribution in [3.63, 3.8) is 0 Å². The topological polar surface area (TPSA) is 79.2 Å². The van der Waals surface area contributed by atoms with E-state index in [0.717, 1.165) is 45.1 Å². The zero-order valence-electron chi connectivity index (χ0n) is 14.8. The molecule has 1 aliphatic heterocycles. The van der Waals surface area contributed by atoms with Crippen LogP contribution in [-0.4, -0.2) is 67.4 Å². The summed E-state index contributed by atoms with van der Waals surface area (Å²) in [6, 6.07) is 1.52. The zero-order valence-corrected chi connectivity index (χ0v) is 14.8. The average molecular weight is 343 g/mol. The maximum atomic E-state index is 12.4. The highest BCUT2D eigenvalue weighted by Crippen LogP contribution is 2.11. The Kier molecular flexibility index (Phi) is 5.72. The van der Waals surface area contributed by atoms with Gasteiger partial charge in [-0.25, -0.2) is 15.0 Å². The van der Waals surface area contributed by atoms with Crippen LogP contribution in [-0.2, 0) is 17.9 Å². The second-order valence-electron chi connectivity index (χ2n) is 6.18. The number of piperazine rings is 1. The Labute approximate surface area is 147 Å². The standard InChI is InChI=1S/C17H25N7O/c1-3-23-8-7-18-15(23)13-22-9-11-24(12-10-22)14(2)16(25)21-17-19-5-4-6-20-17/h4-8,14H,3,9-13H2,1-2H3,(H,19,20,21,25). The maximum absolute atomic E-state index is 12.4. The predicted octanol–water partition coefficient (Wildman–Crippen LogP) is 0.838. The van der Waals surface area contributed by atoms with E-state index in [-0.39, 0.29) is 11.9 Å². The predicted molar refractivity (Wildman–Crippen MR) is 94.9 cm³/mol. The van der Waals surface area contributed by atoms with E-state index < -0.39 is 0 Å². The van der Waals surface area contributed by atoms with Gasteiger partial charge in [0.15, 0.2) is 0 Å². The number of carbonyl (C=O) groups excluding carboxylic acids is 1. The van der Waals surface area contributed by atoms with Gasteiger partial charge in [-0.05, 0) is 19.9 Å². The number of nitrogens with one attached hydrogen (secondary N) is 1. The molecule has 1 fully saturated rings. The van der Waals surface area contributed by atoms with Gasteiger partial charge in [-0.3, -0.25) is 19.9 Å². The van der Waals surface area contributed by atoms with Crippen LogP contribution in [0.1, 0.15) is 19.7 Å². The van der Waals surface area contributed by atoms with Crippen molar-refractivity contribution in [1.82, 2.24) is 29.3 Å². The maximum Gasteiger partial charge on any atom is 0.243 e. The zero-order chi connectivity index (χ0) is 17.6. The van der Waals surface area contributed by atoms with Crippen LogP contribution in [0.3, 0.4) is 0 Å². The smallest absolute Gasteiger partial charge is 0.243 e. The Bertz CT molecular complexity index is 679. The van der Waals surface area contributed by atoms with E-state index in [9.17, 15) is 4.79 Å². The molecule has 2 aromatic rings. The first-order valence-corrected chi connectivity index (χ1v) is 8.71. The van der Waals surface area contributed by atoms with Crippen molar-refractivity contribution in [3.05, 3.63) is 36.7 Å². The van der Waals surface area contributed by atoms with Crippen LogP contribution in [0.15, 0.2) is 30.9 Å². The second kappa shape index (κ2) is 8.17. The normalized spacial score (nSPS) is 17.4. The minimum atomic E-state index is -0.205. The van der Waals surface area contributed by atoms with Gasteiger partial charge in [-0.15, -0.1) is 0 Å². The molecule has 1 aliphatic rings. The van der Waals surface area contributed by atoms with Gasteiger partial charge in [0.05, 0.1) is 12.6 Å². The third-order valence-corrected chi connectivity index (χ3v) is 4.64. The molecular weight excluding hydrogens is 318 g/mol. The van der Waals surface area contributed by atoms with Crippen LogP contribution < -0.4 is 5.32 Å². The van der Waals surface area contributed by atoms with Crippen LogP contribution >= 0.6 is 0 Å². The first-order valence-electron chi connectivity index (χ1n) is 8.71. The van der Waals surface area contributed by atoms with Crippen molar-refractivity contribution in [2.24, 2.45) is 0 Å². The molecule has 3 heterocycles. The van der Waals surface area contributed by atoms with Crippen molar-refractivity contribution in [2.45, 2.75) is 33.0 Å². The van der Waals surface area contributed by atoms with Crippen LogP contribution in [0.4, 0.5) is 5.95 Å². The number of nitrogens with zero attached hydrogens (tertiary/aromatic N) is 6. The monoisotopic (exact) mass is 343 g/mol. The second-order valence-corrected chi connectivity index (χ2v) is 6.18. The van der Waals surface area contributed by atoms with Gasteiger partial charge in [0.2, 0.25) is 11.9 Å². The summed E-state index contributed by atoms with van der Waals surface area (Å²) >= 11 is 0. The number of aromatic nitrogens is 4. The average Bonchev–Trinajstić information content (AvgIpc) is 3.09. The Hall–Kier alpha value is -2.32. The number of hydrogen-bond donors (Lipinski definition) is 1. The minimum absolute atomic E-state index is 0.0684. The lowest BCUT2D eigenvalue weighted by Crippen LogP contribution is -2.52. The van der Waals surface area contributed by atoms with Gasteiger partial charge in [-0.1, -0.05) is 0 Å². The summed E-state index contributed by atoms with van der Waals surface area (Å²) in [6.45, 7) is 9.42. The summed E-state index contributed by atoms with van der Waals surface area (Å²) in [7, 11) is 0. The molecule has 3 rings (SSSR count). The molecule has 1 saturated heterocycles. The molecular formula is C17H25N7O. The third kappa shape index (κ3) is 4.40. The Balaban J connectivity index is 1.49. The van der Waals surface area contributed by atoms with E-state index in [0.29, 0.717) is 5.95 Å². The van der Waals surface area contributed by atoms with E-state index in [1.807, 2.05) is 19.3 Å². The highest BCUT2D eigenvalue weighted by atomic mass is 16.2. The Morgan fingerprint density at radius 2 is 1.88 bits per heavy atom. The number of amides is 1. The van der Waals surface area contributed by atoms with Crippen LogP contribution in [0.2, 0.25) is 0 Å². The van der Waals surface area contributed by atoms with Gasteiger partial charge in [0.1, 0.15) is 5.82 Å². The van der Waals surface area contributed by atoms with Crippen molar-refractivity contribution >= 4 is 11.9 Å². The molecule has 25 heavy (non-hydrogen) atoms. The molecule has 2 aromatic heterocycles. The highest BCUT2D eigenvalue weighted by molar-refractivity contribution is 5.93. The molecule has 8 heteroatoms. The van der Waals surface area contributed by atoms with Crippen LogP contribution in [0.5, 0.6) is 0 Å². The molecule has 1 unspecified atom stereocenters. The molecule has 1 atom stereocenters.